The Morgan fingerprint density at radius 1 is 1.06 bits per heavy atom. The van der Waals surface area contributed by atoms with Crippen LogP contribution in [-0.4, -0.2) is 26.9 Å². The lowest BCUT2D eigenvalue weighted by atomic mass is 10.2. The smallest absolute Gasteiger partial charge is 0.336 e. The number of benzene rings is 2. The summed E-state index contributed by atoms with van der Waals surface area (Å²) in [6.07, 6.45) is -2.47. The van der Waals surface area contributed by atoms with E-state index in [0.29, 0.717) is 5.82 Å². The number of para-hydroxylation sites is 1. The lowest BCUT2D eigenvalue weighted by molar-refractivity contribution is -0.137. The van der Waals surface area contributed by atoms with E-state index in [4.69, 9.17) is 0 Å². The lowest BCUT2D eigenvalue weighted by Gasteiger charge is -2.09. The number of alkyl halides is 3. The third kappa shape index (κ3) is 4.79. The molecular formula is C21H20F3N5O2. The van der Waals surface area contributed by atoms with Crippen molar-refractivity contribution in [2.45, 2.75) is 31.5 Å². The molecule has 4 rings (SSSR count). The molecule has 2 aromatic carbocycles. The second-order valence-corrected chi connectivity index (χ2v) is 7.27. The van der Waals surface area contributed by atoms with Crippen molar-refractivity contribution < 1.29 is 18.0 Å². The molecule has 10 heteroatoms. The van der Waals surface area contributed by atoms with Crippen LogP contribution in [0.1, 0.15) is 30.1 Å². The van der Waals surface area contributed by atoms with Crippen LogP contribution in [0.3, 0.4) is 0 Å². The van der Waals surface area contributed by atoms with Gasteiger partial charge in [-0.2, -0.15) is 18.3 Å². The number of halogens is 3. The first kappa shape index (κ1) is 20.7. The van der Waals surface area contributed by atoms with Gasteiger partial charge in [0.05, 0.1) is 17.8 Å². The zero-order chi connectivity index (χ0) is 22.0. The minimum absolute atomic E-state index is 0.127. The number of rotatable bonds is 6. The van der Waals surface area contributed by atoms with Gasteiger partial charge in [0.15, 0.2) is 0 Å². The molecule has 0 aliphatic heterocycles. The van der Waals surface area contributed by atoms with Gasteiger partial charge in [-0.05, 0) is 49.2 Å². The SMILES string of the molecule is O=C(NCCn1nc(C2CC2)n(-c2ccccc2)c1=O)Nc1ccc(C(F)(F)F)cc1. The first-order valence-corrected chi connectivity index (χ1v) is 9.80. The molecule has 1 aliphatic carbocycles. The molecule has 0 saturated heterocycles. The number of nitrogens with one attached hydrogen (secondary N) is 2. The van der Waals surface area contributed by atoms with Crippen molar-refractivity contribution in [2.75, 3.05) is 11.9 Å². The standard InChI is InChI=1S/C21H20F3N5O2/c22-21(23,24)15-8-10-16(11-9-15)26-19(30)25-12-13-28-20(31)29(17-4-2-1-3-5-17)18(27-28)14-6-7-14/h1-5,8-11,14H,6-7,12-13H2,(H2,25,26,30). The van der Waals surface area contributed by atoms with Gasteiger partial charge in [-0.1, -0.05) is 18.2 Å². The fourth-order valence-electron chi connectivity index (χ4n) is 3.19. The highest BCUT2D eigenvalue weighted by atomic mass is 19.4. The van der Waals surface area contributed by atoms with E-state index in [0.717, 1.165) is 30.7 Å². The highest BCUT2D eigenvalue weighted by molar-refractivity contribution is 5.89. The Labute approximate surface area is 175 Å². The van der Waals surface area contributed by atoms with Crippen LogP contribution in [0.15, 0.2) is 59.4 Å². The van der Waals surface area contributed by atoms with Gasteiger partial charge in [-0.3, -0.25) is 0 Å². The minimum Gasteiger partial charge on any atom is -0.336 e. The molecule has 31 heavy (non-hydrogen) atoms. The van der Waals surface area contributed by atoms with E-state index in [9.17, 15) is 22.8 Å². The number of hydrogen-bond acceptors (Lipinski definition) is 3. The number of anilines is 1. The van der Waals surface area contributed by atoms with Crippen LogP contribution >= 0.6 is 0 Å². The maximum atomic E-state index is 12.8. The highest BCUT2D eigenvalue weighted by Gasteiger charge is 2.31. The molecule has 1 aliphatic rings. The summed E-state index contributed by atoms with van der Waals surface area (Å²) in [4.78, 5) is 24.9. The Hall–Kier alpha value is -3.56. The van der Waals surface area contributed by atoms with E-state index in [2.05, 4.69) is 15.7 Å². The van der Waals surface area contributed by atoms with Gasteiger partial charge in [-0.25, -0.2) is 18.8 Å². The van der Waals surface area contributed by atoms with Crippen molar-refractivity contribution in [3.05, 3.63) is 76.5 Å². The fraction of sp³-hybridized carbons (Fsp3) is 0.286. The molecular weight excluding hydrogens is 411 g/mol. The first-order chi connectivity index (χ1) is 14.8. The number of carbonyl (C=O) groups is 1. The molecule has 3 aromatic rings. The Morgan fingerprint density at radius 3 is 2.35 bits per heavy atom. The Kier molecular flexibility index (Phi) is 5.53. The van der Waals surface area contributed by atoms with Crippen LogP contribution in [0.2, 0.25) is 0 Å². The first-order valence-electron chi connectivity index (χ1n) is 9.80. The van der Waals surface area contributed by atoms with Crippen LogP contribution < -0.4 is 16.3 Å². The third-order valence-corrected chi connectivity index (χ3v) is 4.90. The number of aromatic nitrogens is 3. The highest BCUT2D eigenvalue weighted by Crippen LogP contribution is 2.39. The van der Waals surface area contributed by atoms with Gasteiger partial charge in [0.1, 0.15) is 5.82 Å². The minimum atomic E-state index is -4.43. The number of nitrogens with zero attached hydrogens (tertiary/aromatic N) is 3. The fourth-order valence-corrected chi connectivity index (χ4v) is 3.19. The van der Waals surface area contributed by atoms with Crippen LogP contribution in [0.5, 0.6) is 0 Å². The largest absolute Gasteiger partial charge is 0.416 e. The number of hydrogen-bond donors (Lipinski definition) is 2. The quantitative estimate of drug-likeness (QED) is 0.624. The summed E-state index contributed by atoms with van der Waals surface area (Å²) >= 11 is 0. The van der Waals surface area contributed by atoms with Crippen molar-refractivity contribution in [3.63, 3.8) is 0 Å². The summed E-state index contributed by atoms with van der Waals surface area (Å²) in [5, 5.41) is 9.50. The Morgan fingerprint density at radius 2 is 1.74 bits per heavy atom. The lowest BCUT2D eigenvalue weighted by Crippen LogP contribution is -2.34. The van der Waals surface area contributed by atoms with Crippen LogP contribution in [-0.2, 0) is 12.7 Å². The summed E-state index contributed by atoms with van der Waals surface area (Å²) in [7, 11) is 0. The van der Waals surface area contributed by atoms with Crippen LogP contribution in [0.25, 0.3) is 5.69 Å². The molecule has 0 atom stereocenters. The average Bonchev–Trinajstić information content (AvgIpc) is 3.53. The maximum Gasteiger partial charge on any atom is 0.416 e. The van der Waals surface area contributed by atoms with Gasteiger partial charge < -0.3 is 10.6 Å². The van der Waals surface area contributed by atoms with E-state index in [1.807, 2.05) is 30.3 Å². The summed E-state index contributed by atoms with van der Waals surface area (Å²) in [5.41, 5.74) is -0.1000. The molecule has 0 unspecified atom stereocenters. The average molecular weight is 431 g/mol. The zero-order valence-electron chi connectivity index (χ0n) is 16.4. The van der Waals surface area contributed by atoms with Gasteiger partial charge in [-0.15, -0.1) is 0 Å². The van der Waals surface area contributed by atoms with Crippen molar-refractivity contribution in [3.8, 4) is 5.69 Å². The van der Waals surface area contributed by atoms with Crippen molar-refractivity contribution >= 4 is 11.7 Å². The van der Waals surface area contributed by atoms with Gasteiger partial charge in [0.2, 0.25) is 0 Å². The van der Waals surface area contributed by atoms with Crippen molar-refractivity contribution in [1.82, 2.24) is 19.7 Å². The monoisotopic (exact) mass is 431 g/mol. The molecule has 0 spiro atoms. The molecule has 1 fully saturated rings. The van der Waals surface area contributed by atoms with E-state index >= 15 is 0 Å². The number of amides is 2. The summed E-state index contributed by atoms with van der Waals surface area (Å²) in [5.74, 6) is 0.968. The molecule has 1 heterocycles. The summed E-state index contributed by atoms with van der Waals surface area (Å²) in [6.45, 7) is 0.293. The third-order valence-electron chi connectivity index (χ3n) is 4.90. The predicted molar refractivity (Wildman–Crippen MR) is 108 cm³/mol. The van der Waals surface area contributed by atoms with Crippen molar-refractivity contribution in [1.29, 1.82) is 0 Å². The zero-order valence-corrected chi connectivity index (χ0v) is 16.4. The number of carbonyl (C=O) groups excluding carboxylic acids is 1. The molecule has 7 nitrogen and oxygen atoms in total. The molecule has 162 valence electrons. The molecule has 1 aromatic heterocycles. The van der Waals surface area contributed by atoms with Gasteiger partial charge in [0, 0.05) is 18.2 Å². The van der Waals surface area contributed by atoms with Gasteiger partial charge in [0.25, 0.3) is 0 Å². The predicted octanol–water partition coefficient (Wildman–Crippen LogP) is 3.75. The Balaban J connectivity index is 1.38. The molecule has 0 bridgehead atoms. The van der Waals surface area contributed by atoms with E-state index < -0.39 is 17.8 Å². The van der Waals surface area contributed by atoms with E-state index in [1.165, 1.54) is 16.8 Å². The van der Waals surface area contributed by atoms with Crippen LogP contribution in [0, 0.1) is 0 Å². The summed E-state index contributed by atoms with van der Waals surface area (Å²) < 4.78 is 40.7. The molecule has 2 amide bonds. The summed E-state index contributed by atoms with van der Waals surface area (Å²) in [6, 6.07) is 12.8. The number of urea groups is 1. The molecule has 0 radical (unpaired) electrons. The second-order valence-electron chi connectivity index (χ2n) is 7.27. The second kappa shape index (κ2) is 8.29. The molecule has 1 saturated carbocycles. The maximum absolute atomic E-state index is 12.8. The van der Waals surface area contributed by atoms with Crippen molar-refractivity contribution in [2.24, 2.45) is 0 Å². The van der Waals surface area contributed by atoms with Gasteiger partial charge >= 0.3 is 17.9 Å². The molecule has 2 N–H and O–H groups in total. The topological polar surface area (TPSA) is 81.0 Å². The van der Waals surface area contributed by atoms with Crippen LogP contribution in [0.4, 0.5) is 23.7 Å². The van der Waals surface area contributed by atoms with E-state index in [1.54, 1.807) is 4.57 Å². The normalized spacial score (nSPS) is 13.8. The Bertz CT molecular complexity index is 1120. The van der Waals surface area contributed by atoms with E-state index in [-0.39, 0.29) is 30.4 Å².